The average molecular weight is 202 g/mol. The van der Waals surface area contributed by atoms with Gasteiger partial charge in [0.1, 0.15) is 0 Å². The van der Waals surface area contributed by atoms with Gasteiger partial charge in [-0.15, -0.1) is 0 Å². The van der Waals surface area contributed by atoms with Gasteiger partial charge in [-0.1, -0.05) is 18.2 Å². The first kappa shape index (κ1) is 10.1. The second-order valence-electron chi connectivity index (χ2n) is 3.66. The van der Waals surface area contributed by atoms with Crippen LogP contribution in [-0.4, -0.2) is 16.7 Å². The molecule has 0 aliphatic rings. The average Bonchev–Trinajstić information content (AvgIpc) is 2.28. The van der Waals surface area contributed by atoms with Crippen LogP contribution in [0.1, 0.15) is 17.2 Å². The van der Waals surface area contributed by atoms with Crippen LogP contribution < -0.4 is 5.73 Å². The fourth-order valence-corrected chi connectivity index (χ4v) is 1.73. The van der Waals surface area contributed by atoms with Gasteiger partial charge in [-0.25, -0.2) is 0 Å². The largest absolute Gasteiger partial charge is 0.394 e. The summed E-state index contributed by atoms with van der Waals surface area (Å²) < 4.78 is 0. The van der Waals surface area contributed by atoms with Gasteiger partial charge in [0.05, 0.1) is 18.2 Å². The van der Waals surface area contributed by atoms with E-state index in [1.54, 1.807) is 6.20 Å². The lowest BCUT2D eigenvalue weighted by atomic mass is 10.0. The molecule has 78 valence electrons. The van der Waals surface area contributed by atoms with E-state index in [4.69, 9.17) is 10.8 Å². The molecule has 2 rings (SSSR count). The number of aliphatic hydroxyl groups is 1. The van der Waals surface area contributed by atoms with Gasteiger partial charge in [-0.05, 0) is 24.1 Å². The highest BCUT2D eigenvalue weighted by Crippen LogP contribution is 2.23. The normalized spacial score (nSPS) is 13.0. The number of para-hydroxylation sites is 1. The molecule has 0 amide bonds. The summed E-state index contributed by atoms with van der Waals surface area (Å²) in [5, 5.41) is 10.2. The van der Waals surface area contributed by atoms with Crippen LogP contribution in [0.2, 0.25) is 0 Å². The van der Waals surface area contributed by atoms with Crippen LogP contribution in [0.5, 0.6) is 0 Å². The van der Waals surface area contributed by atoms with E-state index < -0.39 is 0 Å². The van der Waals surface area contributed by atoms with Gasteiger partial charge in [0.2, 0.25) is 0 Å². The molecule has 2 aromatic rings. The summed E-state index contributed by atoms with van der Waals surface area (Å²) in [6.07, 6.45) is 1.77. The second-order valence-corrected chi connectivity index (χ2v) is 3.66. The molecule has 3 N–H and O–H groups in total. The van der Waals surface area contributed by atoms with Crippen molar-refractivity contribution in [3.8, 4) is 0 Å². The van der Waals surface area contributed by atoms with E-state index in [9.17, 15) is 0 Å². The van der Waals surface area contributed by atoms with Crippen LogP contribution in [-0.2, 0) is 0 Å². The summed E-state index contributed by atoms with van der Waals surface area (Å²) in [5.74, 6) is 0. The van der Waals surface area contributed by atoms with Crippen molar-refractivity contribution in [3.63, 3.8) is 0 Å². The topological polar surface area (TPSA) is 59.1 Å². The minimum Gasteiger partial charge on any atom is -0.394 e. The van der Waals surface area contributed by atoms with Gasteiger partial charge in [-0.2, -0.15) is 0 Å². The summed E-state index contributed by atoms with van der Waals surface area (Å²) in [4.78, 5) is 4.32. The molecule has 0 saturated carbocycles. The van der Waals surface area contributed by atoms with E-state index in [-0.39, 0.29) is 12.6 Å². The Hall–Kier alpha value is -1.45. The number of fused-ring (bicyclic) bond motifs is 1. The maximum Gasteiger partial charge on any atom is 0.0753 e. The minimum absolute atomic E-state index is 0.0608. The molecule has 15 heavy (non-hydrogen) atoms. The third-order valence-electron chi connectivity index (χ3n) is 2.62. The molecule has 0 aliphatic carbocycles. The van der Waals surface area contributed by atoms with E-state index in [2.05, 4.69) is 4.98 Å². The molecule has 0 saturated heterocycles. The molecule has 3 heteroatoms. The molecule has 3 nitrogen and oxygen atoms in total. The van der Waals surface area contributed by atoms with E-state index in [0.29, 0.717) is 0 Å². The Kier molecular flexibility index (Phi) is 2.66. The smallest absolute Gasteiger partial charge is 0.0753 e. The van der Waals surface area contributed by atoms with Crippen LogP contribution in [0.3, 0.4) is 0 Å². The highest BCUT2D eigenvalue weighted by Gasteiger charge is 2.09. The van der Waals surface area contributed by atoms with Crippen LogP contribution >= 0.6 is 0 Å². The molecular weight excluding hydrogens is 188 g/mol. The van der Waals surface area contributed by atoms with Gasteiger partial charge >= 0.3 is 0 Å². The number of aliphatic hydroxyl groups excluding tert-OH is 1. The fraction of sp³-hybridized carbons (Fsp3) is 0.250. The first-order chi connectivity index (χ1) is 7.24. The lowest BCUT2D eigenvalue weighted by molar-refractivity contribution is 0.268. The first-order valence-corrected chi connectivity index (χ1v) is 4.94. The molecule has 0 radical (unpaired) electrons. The fourth-order valence-electron chi connectivity index (χ4n) is 1.73. The summed E-state index contributed by atoms with van der Waals surface area (Å²) in [6.45, 7) is 1.98. The molecule has 0 fully saturated rings. The Morgan fingerprint density at radius 1 is 1.40 bits per heavy atom. The zero-order chi connectivity index (χ0) is 10.8. The maximum atomic E-state index is 9.06. The zero-order valence-electron chi connectivity index (χ0n) is 8.64. The molecule has 0 aliphatic heterocycles. The molecule has 1 aromatic heterocycles. The SMILES string of the molecule is Cc1ccnc2c(C(N)CO)cccc12. The number of pyridine rings is 1. The minimum atomic E-state index is -0.358. The Labute approximate surface area is 88.6 Å². The van der Waals surface area contributed by atoms with E-state index >= 15 is 0 Å². The zero-order valence-corrected chi connectivity index (χ0v) is 8.64. The number of nitrogens with two attached hydrogens (primary N) is 1. The number of aromatic nitrogens is 1. The molecular formula is C12H14N2O. The van der Waals surface area contributed by atoms with E-state index in [0.717, 1.165) is 16.5 Å². The van der Waals surface area contributed by atoms with Crippen LogP contribution in [0.25, 0.3) is 10.9 Å². The van der Waals surface area contributed by atoms with Crippen molar-refractivity contribution < 1.29 is 5.11 Å². The summed E-state index contributed by atoms with van der Waals surface area (Å²) in [5.41, 5.74) is 8.78. The van der Waals surface area contributed by atoms with Gasteiger partial charge in [0.15, 0.2) is 0 Å². The van der Waals surface area contributed by atoms with Crippen molar-refractivity contribution in [2.24, 2.45) is 5.73 Å². The summed E-state index contributed by atoms with van der Waals surface area (Å²) in [7, 11) is 0. The molecule has 1 unspecified atom stereocenters. The quantitative estimate of drug-likeness (QED) is 0.776. The van der Waals surface area contributed by atoms with Crippen molar-refractivity contribution in [3.05, 3.63) is 41.6 Å². The Morgan fingerprint density at radius 3 is 2.93 bits per heavy atom. The number of rotatable bonds is 2. The van der Waals surface area contributed by atoms with Gasteiger partial charge in [0.25, 0.3) is 0 Å². The van der Waals surface area contributed by atoms with Gasteiger partial charge in [0, 0.05) is 11.6 Å². The van der Waals surface area contributed by atoms with Gasteiger partial charge < -0.3 is 10.8 Å². The predicted molar refractivity (Wildman–Crippen MR) is 60.5 cm³/mol. The maximum absolute atomic E-state index is 9.06. The lowest BCUT2D eigenvalue weighted by Crippen LogP contribution is -2.15. The van der Waals surface area contributed by atoms with Crippen molar-refractivity contribution >= 4 is 10.9 Å². The number of aryl methyl sites for hydroxylation is 1. The molecule has 1 atom stereocenters. The van der Waals surface area contributed by atoms with Crippen molar-refractivity contribution in [2.75, 3.05) is 6.61 Å². The molecule has 1 aromatic carbocycles. The number of nitrogens with zero attached hydrogens (tertiary/aromatic N) is 1. The number of hydrogen-bond donors (Lipinski definition) is 2. The van der Waals surface area contributed by atoms with E-state index in [1.165, 1.54) is 5.56 Å². The summed E-state index contributed by atoms with van der Waals surface area (Å²) >= 11 is 0. The Balaban J connectivity index is 2.71. The van der Waals surface area contributed by atoms with Gasteiger partial charge in [-0.3, -0.25) is 4.98 Å². The predicted octanol–water partition coefficient (Wildman–Crippen LogP) is 1.54. The molecule has 0 bridgehead atoms. The summed E-state index contributed by atoms with van der Waals surface area (Å²) in [6, 6.07) is 7.49. The van der Waals surface area contributed by atoms with Crippen molar-refractivity contribution in [1.82, 2.24) is 4.98 Å². The highest BCUT2D eigenvalue weighted by atomic mass is 16.3. The molecule has 0 spiro atoms. The second kappa shape index (κ2) is 3.96. The Bertz CT molecular complexity index is 482. The van der Waals surface area contributed by atoms with E-state index in [1.807, 2.05) is 31.2 Å². The third kappa shape index (κ3) is 1.71. The van der Waals surface area contributed by atoms with Crippen molar-refractivity contribution in [2.45, 2.75) is 13.0 Å². The first-order valence-electron chi connectivity index (χ1n) is 4.94. The Morgan fingerprint density at radius 2 is 2.20 bits per heavy atom. The van der Waals surface area contributed by atoms with Crippen molar-refractivity contribution in [1.29, 1.82) is 0 Å². The third-order valence-corrected chi connectivity index (χ3v) is 2.62. The van der Waals surface area contributed by atoms with Crippen LogP contribution in [0.4, 0.5) is 0 Å². The standard InChI is InChI=1S/C12H14N2O/c1-8-5-6-14-12-9(8)3-2-4-10(12)11(13)7-15/h2-6,11,15H,7,13H2,1H3. The monoisotopic (exact) mass is 202 g/mol. The number of benzene rings is 1. The number of hydrogen-bond acceptors (Lipinski definition) is 3. The van der Waals surface area contributed by atoms with Crippen LogP contribution in [0, 0.1) is 6.92 Å². The highest BCUT2D eigenvalue weighted by molar-refractivity contribution is 5.85. The molecule has 1 heterocycles. The van der Waals surface area contributed by atoms with Crippen LogP contribution in [0.15, 0.2) is 30.5 Å². The lowest BCUT2D eigenvalue weighted by Gasteiger charge is -2.11.